The Hall–Kier alpha value is -1.94. The second-order valence-corrected chi connectivity index (χ2v) is 6.34. The number of carbonyl (C=O) groups excluding carboxylic acids is 1. The molecule has 0 radical (unpaired) electrons. The Labute approximate surface area is 127 Å². The lowest BCUT2D eigenvalue weighted by atomic mass is 10.1. The molecule has 0 amide bonds. The highest BCUT2D eigenvalue weighted by Gasteiger charge is 2.09. The van der Waals surface area contributed by atoms with Crippen LogP contribution in [0.15, 0.2) is 53.4 Å². The average Bonchev–Trinajstić information content (AvgIpc) is 2.47. The first-order valence-corrected chi connectivity index (χ1v) is 8.07. The van der Waals surface area contributed by atoms with E-state index in [1.807, 2.05) is 37.3 Å². The number of para-hydroxylation sites is 1. The Bertz CT molecular complexity index is 665. The molecule has 4 heteroatoms. The van der Waals surface area contributed by atoms with Crippen LogP contribution in [0.25, 0.3) is 0 Å². The van der Waals surface area contributed by atoms with Crippen molar-refractivity contribution in [2.45, 2.75) is 18.7 Å². The number of carbonyl (C=O) groups is 1. The lowest BCUT2D eigenvalue weighted by molar-refractivity contribution is 0.101. The van der Waals surface area contributed by atoms with E-state index in [9.17, 15) is 9.00 Å². The molecule has 0 spiro atoms. The first-order valence-electron chi connectivity index (χ1n) is 6.76. The summed E-state index contributed by atoms with van der Waals surface area (Å²) in [5.74, 6) is 0.909. The summed E-state index contributed by atoms with van der Waals surface area (Å²) in [7, 11) is -1.09. The van der Waals surface area contributed by atoms with Gasteiger partial charge in [0.2, 0.25) is 0 Å². The summed E-state index contributed by atoms with van der Waals surface area (Å²) in [6, 6.07) is 14.7. The van der Waals surface area contributed by atoms with Crippen molar-refractivity contribution in [2.75, 3.05) is 12.4 Å². The number of ether oxygens (including phenoxy) is 1. The van der Waals surface area contributed by atoms with Gasteiger partial charge in [-0.1, -0.05) is 24.3 Å². The molecule has 110 valence electrons. The summed E-state index contributed by atoms with van der Waals surface area (Å²) < 4.78 is 17.8. The zero-order valence-electron chi connectivity index (χ0n) is 12.2. The lowest BCUT2D eigenvalue weighted by Gasteiger charge is -2.09. The van der Waals surface area contributed by atoms with Crippen LogP contribution in [0, 0.1) is 6.92 Å². The van der Waals surface area contributed by atoms with E-state index < -0.39 is 10.8 Å². The maximum Gasteiger partial charge on any atom is 0.163 e. The molecule has 0 aromatic heterocycles. The summed E-state index contributed by atoms with van der Waals surface area (Å²) >= 11 is 0. The highest BCUT2D eigenvalue weighted by atomic mass is 32.2. The molecular weight excluding hydrogens is 284 g/mol. The SMILES string of the molecule is CC(=O)c1ccccc1OCCS(=O)c1cccc(C)c1. The van der Waals surface area contributed by atoms with Gasteiger partial charge in [-0.15, -0.1) is 0 Å². The van der Waals surface area contributed by atoms with E-state index in [4.69, 9.17) is 4.74 Å². The third kappa shape index (κ3) is 4.26. The largest absolute Gasteiger partial charge is 0.492 e. The zero-order valence-corrected chi connectivity index (χ0v) is 13.0. The van der Waals surface area contributed by atoms with E-state index in [0.717, 1.165) is 10.5 Å². The van der Waals surface area contributed by atoms with Crippen molar-refractivity contribution < 1.29 is 13.7 Å². The van der Waals surface area contributed by atoms with Crippen LogP contribution in [0.1, 0.15) is 22.8 Å². The van der Waals surface area contributed by atoms with Gasteiger partial charge in [-0.05, 0) is 43.7 Å². The summed E-state index contributed by atoms with van der Waals surface area (Å²) in [4.78, 5) is 12.3. The molecule has 0 aliphatic rings. The van der Waals surface area contributed by atoms with E-state index in [0.29, 0.717) is 23.7 Å². The Morgan fingerprint density at radius 1 is 1.14 bits per heavy atom. The minimum atomic E-state index is -1.09. The summed E-state index contributed by atoms with van der Waals surface area (Å²) in [6.45, 7) is 3.79. The molecule has 0 heterocycles. The number of Topliss-reactive ketones (excluding diaryl/α,β-unsaturated/α-hetero) is 1. The molecule has 2 rings (SSSR count). The van der Waals surface area contributed by atoms with Gasteiger partial charge in [0.25, 0.3) is 0 Å². The molecule has 2 aromatic carbocycles. The number of hydrogen-bond donors (Lipinski definition) is 0. The minimum Gasteiger partial charge on any atom is -0.492 e. The molecule has 0 N–H and O–H groups in total. The molecule has 1 atom stereocenters. The fourth-order valence-corrected chi connectivity index (χ4v) is 3.00. The van der Waals surface area contributed by atoms with Crippen LogP contribution in [0.3, 0.4) is 0 Å². The van der Waals surface area contributed by atoms with E-state index in [2.05, 4.69) is 0 Å². The van der Waals surface area contributed by atoms with E-state index >= 15 is 0 Å². The first-order chi connectivity index (χ1) is 10.1. The monoisotopic (exact) mass is 302 g/mol. The van der Waals surface area contributed by atoms with Crippen LogP contribution in [-0.2, 0) is 10.8 Å². The van der Waals surface area contributed by atoms with Crippen LogP contribution < -0.4 is 4.74 Å². The third-order valence-corrected chi connectivity index (χ3v) is 4.36. The summed E-state index contributed by atoms with van der Waals surface area (Å²) in [6.07, 6.45) is 0. The van der Waals surface area contributed by atoms with E-state index in [1.165, 1.54) is 6.92 Å². The van der Waals surface area contributed by atoms with Gasteiger partial charge in [0.15, 0.2) is 5.78 Å². The molecule has 3 nitrogen and oxygen atoms in total. The van der Waals surface area contributed by atoms with Gasteiger partial charge in [0.05, 0.1) is 22.1 Å². The van der Waals surface area contributed by atoms with Crippen LogP contribution in [0.2, 0.25) is 0 Å². The quantitative estimate of drug-likeness (QED) is 0.768. The molecule has 0 saturated carbocycles. The smallest absolute Gasteiger partial charge is 0.163 e. The van der Waals surface area contributed by atoms with Crippen molar-refractivity contribution in [1.29, 1.82) is 0 Å². The van der Waals surface area contributed by atoms with Gasteiger partial charge in [-0.2, -0.15) is 0 Å². The van der Waals surface area contributed by atoms with Crippen LogP contribution in [-0.4, -0.2) is 22.4 Å². The maximum atomic E-state index is 12.2. The minimum absolute atomic E-state index is 0.0367. The third-order valence-electron chi connectivity index (χ3n) is 3.05. The second kappa shape index (κ2) is 7.18. The van der Waals surface area contributed by atoms with Crippen molar-refractivity contribution >= 4 is 16.6 Å². The second-order valence-electron chi connectivity index (χ2n) is 4.77. The molecule has 0 aliphatic carbocycles. The van der Waals surface area contributed by atoms with Crippen molar-refractivity contribution in [3.8, 4) is 5.75 Å². The Balaban J connectivity index is 1.96. The van der Waals surface area contributed by atoms with Crippen molar-refractivity contribution in [2.24, 2.45) is 0 Å². The number of hydrogen-bond acceptors (Lipinski definition) is 3. The number of benzene rings is 2. The molecule has 2 aromatic rings. The summed E-state index contributed by atoms with van der Waals surface area (Å²) in [5, 5.41) is 0. The highest BCUT2D eigenvalue weighted by molar-refractivity contribution is 7.85. The van der Waals surface area contributed by atoms with Gasteiger partial charge in [0, 0.05) is 4.90 Å². The zero-order chi connectivity index (χ0) is 15.2. The molecule has 0 aliphatic heterocycles. The van der Waals surface area contributed by atoms with Gasteiger partial charge in [0.1, 0.15) is 12.4 Å². The number of ketones is 1. The topological polar surface area (TPSA) is 43.4 Å². The number of rotatable bonds is 6. The van der Waals surface area contributed by atoms with Crippen LogP contribution >= 0.6 is 0 Å². The molecule has 21 heavy (non-hydrogen) atoms. The fourth-order valence-electron chi connectivity index (χ4n) is 1.99. The predicted octanol–water partition coefficient (Wildman–Crippen LogP) is 3.38. The molecule has 0 saturated heterocycles. The van der Waals surface area contributed by atoms with Gasteiger partial charge in [-0.3, -0.25) is 9.00 Å². The number of aryl methyl sites for hydroxylation is 1. The van der Waals surface area contributed by atoms with E-state index in [1.54, 1.807) is 18.2 Å². The van der Waals surface area contributed by atoms with Gasteiger partial charge in [-0.25, -0.2) is 0 Å². The van der Waals surface area contributed by atoms with Crippen LogP contribution in [0.4, 0.5) is 0 Å². The Kier molecular flexibility index (Phi) is 5.28. The maximum absolute atomic E-state index is 12.2. The van der Waals surface area contributed by atoms with Crippen LogP contribution in [0.5, 0.6) is 5.75 Å². The molecule has 0 bridgehead atoms. The first kappa shape index (κ1) is 15.4. The standard InChI is InChI=1S/C17H18O3S/c1-13-6-5-7-15(12-13)21(19)11-10-20-17-9-4-3-8-16(17)14(2)18/h3-9,12H,10-11H2,1-2H3. The molecular formula is C17H18O3S. The fraction of sp³-hybridized carbons (Fsp3) is 0.235. The Morgan fingerprint density at radius 2 is 1.90 bits per heavy atom. The highest BCUT2D eigenvalue weighted by Crippen LogP contribution is 2.18. The average molecular weight is 302 g/mol. The molecule has 1 unspecified atom stereocenters. The summed E-state index contributed by atoms with van der Waals surface area (Å²) in [5.41, 5.74) is 1.64. The van der Waals surface area contributed by atoms with Gasteiger partial charge >= 0.3 is 0 Å². The normalized spacial score (nSPS) is 11.9. The Morgan fingerprint density at radius 3 is 2.62 bits per heavy atom. The van der Waals surface area contributed by atoms with Gasteiger partial charge < -0.3 is 4.74 Å². The lowest BCUT2D eigenvalue weighted by Crippen LogP contribution is -2.10. The van der Waals surface area contributed by atoms with Crippen molar-refractivity contribution in [3.63, 3.8) is 0 Å². The van der Waals surface area contributed by atoms with E-state index in [-0.39, 0.29) is 5.78 Å². The van der Waals surface area contributed by atoms with Crippen molar-refractivity contribution in [1.82, 2.24) is 0 Å². The predicted molar refractivity (Wildman–Crippen MR) is 84.4 cm³/mol. The molecule has 0 fully saturated rings. The van der Waals surface area contributed by atoms with Crippen molar-refractivity contribution in [3.05, 3.63) is 59.7 Å².